The second-order valence-electron chi connectivity index (χ2n) is 8.30. The normalized spacial score (nSPS) is 28.3. The van der Waals surface area contributed by atoms with Crippen LogP contribution in [0.3, 0.4) is 0 Å². The highest BCUT2D eigenvalue weighted by atomic mass is 16.5. The molecule has 2 N–H and O–H groups in total. The Bertz CT molecular complexity index is 460. The zero-order valence-electron chi connectivity index (χ0n) is 17.3. The first-order valence-corrected chi connectivity index (χ1v) is 11.0. The summed E-state index contributed by atoms with van der Waals surface area (Å²) in [4.78, 5) is 4.43. The van der Waals surface area contributed by atoms with Gasteiger partial charge in [-0.15, -0.1) is 0 Å². The van der Waals surface area contributed by atoms with Crippen molar-refractivity contribution >= 4 is 5.96 Å². The monoisotopic (exact) mass is 381 g/mol. The lowest BCUT2D eigenvalue weighted by atomic mass is 9.60. The highest BCUT2D eigenvalue weighted by Gasteiger charge is 2.56. The van der Waals surface area contributed by atoms with Crippen LogP contribution in [-0.2, 0) is 14.2 Å². The molecule has 1 saturated heterocycles. The van der Waals surface area contributed by atoms with Gasteiger partial charge in [0.05, 0.1) is 6.10 Å². The maximum Gasteiger partial charge on any atom is 0.191 e. The summed E-state index contributed by atoms with van der Waals surface area (Å²) in [6.45, 7) is 7.28. The summed E-state index contributed by atoms with van der Waals surface area (Å²) in [7, 11) is 1.86. The van der Waals surface area contributed by atoms with Gasteiger partial charge in [-0.25, -0.2) is 0 Å². The van der Waals surface area contributed by atoms with Crippen LogP contribution >= 0.6 is 0 Å². The zero-order chi connectivity index (χ0) is 19.0. The Morgan fingerprint density at radius 1 is 1.22 bits per heavy atom. The third kappa shape index (κ3) is 5.36. The molecule has 0 bridgehead atoms. The summed E-state index contributed by atoms with van der Waals surface area (Å²) in [5.74, 6) is 1.60. The van der Waals surface area contributed by atoms with E-state index in [4.69, 9.17) is 14.2 Å². The van der Waals surface area contributed by atoms with Crippen LogP contribution < -0.4 is 10.6 Å². The summed E-state index contributed by atoms with van der Waals surface area (Å²) >= 11 is 0. The first kappa shape index (κ1) is 20.9. The Morgan fingerprint density at radius 2 is 2.00 bits per heavy atom. The number of guanidine groups is 1. The first-order chi connectivity index (χ1) is 13.3. The van der Waals surface area contributed by atoms with Crippen LogP contribution in [0.4, 0.5) is 0 Å². The van der Waals surface area contributed by atoms with Gasteiger partial charge in [0.25, 0.3) is 0 Å². The Kier molecular flexibility index (Phi) is 8.22. The number of hydrogen-bond donors (Lipinski definition) is 2. The summed E-state index contributed by atoms with van der Waals surface area (Å²) in [6.07, 6.45) is 10.0. The van der Waals surface area contributed by atoms with Gasteiger partial charge in [-0.1, -0.05) is 12.8 Å². The van der Waals surface area contributed by atoms with Crippen molar-refractivity contribution in [3.8, 4) is 0 Å². The molecule has 1 heterocycles. The molecule has 156 valence electrons. The van der Waals surface area contributed by atoms with E-state index >= 15 is 0 Å². The minimum Gasteiger partial charge on any atom is -0.381 e. The standard InChI is InChI=1S/C21H39N3O3/c1-3-27-19-15-18(21(19)9-4-5-10-21)24-20(22-2)23-11-6-12-26-16-17-7-13-25-14-8-17/h17-19H,3-16H2,1-2H3,(H2,22,23,24). The van der Waals surface area contributed by atoms with Crippen LogP contribution in [0.25, 0.3) is 0 Å². The molecule has 0 aromatic carbocycles. The summed E-state index contributed by atoms with van der Waals surface area (Å²) in [5.41, 5.74) is 0.334. The Hall–Kier alpha value is -0.850. The molecular formula is C21H39N3O3. The predicted octanol–water partition coefficient (Wildman–Crippen LogP) is 2.72. The molecule has 2 atom stereocenters. The molecule has 1 aliphatic heterocycles. The fourth-order valence-corrected chi connectivity index (χ4v) is 4.99. The van der Waals surface area contributed by atoms with Gasteiger partial charge >= 0.3 is 0 Å². The van der Waals surface area contributed by atoms with E-state index in [0.717, 1.165) is 71.2 Å². The highest BCUT2D eigenvalue weighted by Crippen LogP contribution is 2.54. The zero-order valence-corrected chi connectivity index (χ0v) is 17.3. The summed E-state index contributed by atoms with van der Waals surface area (Å²) < 4.78 is 17.2. The molecule has 0 aromatic heterocycles. The summed E-state index contributed by atoms with van der Waals surface area (Å²) in [6, 6.07) is 0.493. The second-order valence-corrected chi connectivity index (χ2v) is 8.30. The van der Waals surface area contributed by atoms with Crippen LogP contribution in [0.2, 0.25) is 0 Å². The maximum absolute atomic E-state index is 6.01. The number of nitrogens with one attached hydrogen (secondary N) is 2. The molecule has 6 nitrogen and oxygen atoms in total. The van der Waals surface area contributed by atoms with Gasteiger partial charge in [0.2, 0.25) is 0 Å². The van der Waals surface area contributed by atoms with Gasteiger partial charge in [-0.3, -0.25) is 4.99 Å². The lowest BCUT2D eigenvalue weighted by Gasteiger charge is -2.54. The van der Waals surface area contributed by atoms with Crippen molar-refractivity contribution in [2.75, 3.05) is 46.6 Å². The first-order valence-electron chi connectivity index (χ1n) is 11.0. The van der Waals surface area contributed by atoms with Crippen molar-refractivity contribution in [2.45, 2.75) is 70.4 Å². The van der Waals surface area contributed by atoms with Crippen molar-refractivity contribution in [1.29, 1.82) is 0 Å². The Balaban J connectivity index is 1.31. The van der Waals surface area contributed by atoms with Crippen molar-refractivity contribution in [1.82, 2.24) is 10.6 Å². The number of aliphatic imine (C=N–C) groups is 1. The molecule has 0 radical (unpaired) electrons. The lowest BCUT2D eigenvalue weighted by Crippen LogP contribution is -2.65. The van der Waals surface area contributed by atoms with Crippen molar-refractivity contribution in [3.63, 3.8) is 0 Å². The SMILES string of the molecule is CCOC1CC(NC(=NC)NCCCOCC2CCOCC2)C12CCCC2. The van der Waals surface area contributed by atoms with Crippen molar-refractivity contribution < 1.29 is 14.2 Å². The highest BCUT2D eigenvalue weighted by molar-refractivity contribution is 5.80. The molecule has 3 aliphatic rings. The molecule has 0 amide bonds. The van der Waals surface area contributed by atoms with Crippen LogP contribution in [0.1, 0.15) is 58.3 Å². The third-order valence-electron chi connectivity index (χ3n) is 6.67. The summed E-state index contributed by atoms with van der Waals surface area (Å²) in [5, 5.41) is 7.13. The van der Waals surface area contributed by atoms with E-state index in [0.29, 0.717) is 23.5 Å². The predicted molar refractivity (Wildman–Crippen MR) is 108 cm³/mol. The van der Waals surface area contributed by atoms with Gasteiger partial charge in [0, 0.05) is 58.1 Å². The molecule has 3 fully saturated rings. The molecule has 2 saturated carbocycles. The quantitative estimate of drug-likeness (QED) is 0.365. The maximum atomic E-state index is 6.01. The molecule has 1 spiro atoms. The Labute approximate surface area is 164 Å². The van der Waals surface area contributed by atoms with Gasteiger partial charge < -0.3 is 24.8 Å². The number of ether oxygens (including phenoxy) is 3. The average molecular weight is 382 g/mol. The van der Waals surface area contributed by atoms with Gasteiger partial charge in [0.15, 0.2) is 5.96 Å². The smallest absolute Gasteiger partial charge is 0.191 e. The molecule has 2 aliphatic carbocycles. The molecule has 2 unspecified atom stereocenters. The molecular weight excluding hydrogens is 342 g/mol. The molecule has 6 heteroatoms. The van der Waals surface area contributed by atoms with Crippen LogP contribution in [-0.4, -0.2) is 64.7 Å². The fourth-order valence-electron chi connectivity index (χ4n) is 4.99. The van der Waals surface area contributed by atoms with Crippen molar-refractivity contribution in [2.24, 2.45) is 16.3 Å². The van der Waals surface area contributed by atoms with Gasteiger partial charge in [-0.2, -0.15) is 0 Å². The van der Waals surface area contributed by atoms with Crippen LogP contribution in [0.15, 0.2) is 4.99 Å². The van der Waals surface area contributed by atoms with E-state index in [1.165, 1.54) is 25.7 Å². The van der Waals surface area contributed by atoms with E-state index in [9.17, 15) is 0 Å². The van der Waals surface area contributed by atoms with Crippen LogP contribution in [0, 0.1) is 11.3 Å². The number of hydrogen-bond acceptors (Lipinski definition) is 4. The topological polar surface area (TPSA) is 64.1 Å². The molecule has 0 aromatic rings. The second kappa shape index (κ2) is 10.6. The van der Waals surface area contributed by atoms with Gasteiger partial charge in [-0.05, 0) is 51.4 Å². The van der Waals surface area contributed by atoms with Crippen LogP contribution in [0.5, 0.6) is 0 Å². The Morgan fingerprint density at radius 3 is 2.70 bits per heavy atom. The average Bonchev–Trinajstić information content (AvgIpc) is 3.22. The molecule has 3 rings (SSSR count). The van der Waals surface area contributed by atoms with E-state index in [-0.39, 0.29) is 0 Å². The van der Waals surface area contributed by atoms with E-state index in [2.05, 4.69) is 22.5 Å². The van der Waals surface area contributed by atoms with E-state index in [1.54, 1.807) is 0 Å². The van der Waals surface area contributed by atoms with E-state index < -0.39 is 0 Å². The fraction of sp³-hybridized carbons (Fsp3) is 0.952. The number of nitrogens with zero attached hydrogens (tertiary/aromatic N) is 1. The third-order valence-corrected chi connectivity index (χ3v) is 6.67. The minimum absolute atomic E-state index is 0.334. The number of rotatable bonds is 9. The largest absolute Gasteiger partial charge is 0.381 e. The lowest BCUT2D eigenvalue weighted by molar-refractivity contribution is -0.125. The van der Waals surface area contributed by atoms with Gasteiger partial charge in [0.1, 0.15) is 0 Å². The van der Waals surface area contributed by atoms with E-state index in [1.807, 2.05) is 7.05 Å². The molecule has 27 heavy (non-hydrogen) atoms. The van der Waals surface area contributed by atoms with Crippen molar-refractivity contribution in [3.05, 3.63) is 0 Å². The minimum atomic E-state index is 0.334.